The normalized spacial score (nSPS) is 10.2. The first kappa shape index (κ1) is 14.3. The minimum Gasteiger partial charge on any atom is -0.497 e. The number of aromatic nitrogens is 2. The van der Waals surface area contributed by atoms with Crippen molar-refractivity contribution in [2.24, 2.45) is 0 Å². The van der Waals surface area contributed by atoms with E-state index in [1.165, 1.54) is 0 Å². The molecule has 2 aromatic rings. The van der Waals surface area contributed by atoms with Crippen molar-refractivity contribution < 1.29 is 9.53 Å². The number of carbonyl (C=O) groups excluding carboxylic acids is 1. The second-order valence-corrected chi connectivity index (χ2v) is 4.64. The lowest BCUT2D eigenvalue weighted by Gasteiger charge is -2.16. The Labute approximate surface area is 122 Å². The molecule has 0 aliphatic rings. The van der Waals surface area contributed by atoms with Gasteiger partial charge in [0.2, 0.25) is 0 Å². The van der Waals surface area contributed by atoms with Crippen LogP contribution in [0.25, 0.3) is 0 Å². The van der Waals surface area contributed by atoms with Crippen molar-refractivity contribution in [3.63, 3.8) is 0 Å². The molecule has 0 N–H and O–H groups in total. The summed E-state index contributed by atoms with van der Waals surface area (Å²) in [5.74, 6) is 0.548. The summed E-state index contributed by atoms with van der Waals surface area (Å²) in [7, 11) is 3.31. The third-order valence-electron chi connectivity index (χ3n) is 2.75. The van der Waals surface area contributed by atoms with E-state index in [1.54, 1.807) is 31.2 Å². The molecule has 0 fully saturated rings. The van der Waals surface area contributed by atoms with Gasteiger partial charge in [-0.15, -0.1) is 10.2 Å². The van der Waals surface area contributed by atoms with Crippen LogP contribution in [0.3, 0.4) is 0 Å². The fraction of sp³-hybridized carbons (Fsp3) is 0.214. The minimum atomic E-state index is -0.211. The van der Waals surface area contributed by atoms with Gasteiger partial charge in [-0.3, -0.25) is 4.79 Å². The summed E-state index contributed by atoms with van der Waals surface area (Å²) in [6.07, 6.45) is 0. The SMILES string of the molecule is COc1cccc(CN(C)C(=O)c2ccc(Cl)nn2)c1. The van der Waals surface area contributed by atoms with Gasteiger partial charge in [0.15, 0.2) is 10.8 Å². The number of benzene rings is 1. The van der Waals surface area contributed by atoms with Crippen LogP contribution in [-0.4, -0.2) is 35.2 Å². The van der Waals surface area contributed by atoms with E-state index in [0.29, 0.717) is 6.54 Å². The lowest BCUT2D eigenvalue weighted by Crippen LogP contribution is -2.27. The Morgan fingerprint density at radius 2 is 2.10 bits per heavy atom. The zero-order chi connectivity index (χ0) is 14.5. The molecule has 104 valence electrons. The average Bonchev–Trinajstić information content (AvgIpc) is 2.47. The maximum Gasteiger partial charge on any atom is 0.274 e. The van der Waals surface area contributed by atoms with Crippen LogP contribution in [0, 0.1) is 0 Å². The Balaban J connectivity index is 2.09. The van der Waals surface area contributed by atoms with Crippen molar-refractivity contribution in [1.29, 1.82) is 0 Å². The van der Waals surface area contributed by atoms with Crippen molar-refractivity contribution in [3.05, 3.63) is 52.8 Å². The maximum atomic E-state index is 12.2. The van der Waals surface area contributed by atoms with Crippen LogP contribution in [0.1, 0.15) is 16.1 Å². The van der Waals surface area contributed by atoms with Crippen molar-refractivity contribution in [2.45, 2.75) is 6.54 Å². The fourth-order valence-electron chi connectivity index (χ4n) is 1.74. The van der Waals surface area contributed by atoms with Gasteiger partial charge in [-0.05, 0) is 29.8 Å². The largest absolute Gasteiger partial charge is 0.497 e. The summed E-state index contributed by atoms with van der Waals surface area (Å²) in [4.78, 5) is 13.7. The molecule has 6 heteroatoms. The molecule has 0 saturated heterocycles. The topological polar surface area (TPSA) is 55.3 Å². The number of ether oxygens (including phenoxy) is 1. The minimum absolute atomic E-state index is 0.211. The molecule has 1 aromatic carbocycles. The van der Waals surface area contributed by atoms with Crippen molar-refractivity contribution in [3.8, 4) is 5.75 Å². The first-order valence-electron chi connectivity index (χ1n) is 5.98. The molecule has 0 aliphatic carbocycles. The number of hydrogen-bond acceptors (Lipinski definition) is 4. The predicted octanol–water partition coefficient (Wildman–Crippen LogP) is 2.41. The Hall–Kier alpha value is -2.14. The maximum absolute atomic E-state index is 12.2. The van der Waals surface area contributed by atoms with Crippen LogP contribution >= 0.6 is 11.6 Å². The van der Waals surface area contributed by atoms with Gasteiger partial charge in [-0.1, -0.05) is 23.7 Å². The second kappa shape index (κ2) is 6.34. The zero-order valence-electron chi connectivity index (χ0n) is 11.2. The van der Waals surface area contributed by atoms with E-state index < -0.39 is 0 Å². The van der Waals surface area contributed by atoms with E-state index >= 15 is 0 Å². The van der Waals surface area contributed by atoms with Crippen molar-refractivity contribution in [1.82, 2.24) is 15.1 Å². The molecule has 1 aromatic heterocycles. The van der Waals surface area contributed by atoms with Gasteiger partial charge in [0.05, 0.1) is 7.11 Å². The number of carbonyl (C=O) groups is 1. The molecule has 1 amide bonds. The van der Waals surface area contributed by atoms with Gasteiger partial charge in [-0.2, -0.15) is 0 Å². The Morgan fingerprint density at radius 1 is 1.30 bits per heavy atom. The first-order valence-corrected chi connectivity index (χ1v) is 6.35. The number of halogens is 1. The Kier molecular flexibility index (Phi) is 4.53. The van der Waals surface area contributed by atoms with E-state index in [9.17, 15) is 4.79 Å². The molecular weight excluding hydrogens is 278 g/mol. The van der Waals surface area contributed by atoms with Crippen LogP contribution in [-0.2, 0) is 6.54 Å². The van der Waals surface area contributed by atoms with Crippen molar-refractivity contribution in [2.75, 3.05) is 14.2 Å². The molecule has 0 bridgehead atoms. The summed E-state index contributed by atoms with van der Waals surface area (Å²) < 4.78 is 5.15. The summed E-state index contributed by atoms with van der Waals surface area (Å²) in [6, 6.07) is 10.7. The highest BCUT2D eigenvalue weighted by molar-refractivity contribution is 6.29. The standard InChI is InChI=1S/C14H14ClN3O2/c1-18(9-10-4-3-5-11(8-10)20-2)14(19)12-6-7-13(15)17-16-12/h3-8H,9H2,1-2H3. The van der Waals surface area contributed by atoms with Gasteiger partial charge < -0.3 is 9.64 Å². The summed E-state index contributed by atoms with van der Waals surface area (Å²) in [5.41, 5.74) is 1.24. The molecular formula is C14H14ClN3O2. The molecule has 5 nitrogen and oxygen atoms in total. The number of rotatable bonds is 4. The summed E-state index contributed by atoms with van der Waals surface area (Å²) in [6.45, 7) is 0.459. The van der Waals surface area contributed by atoms with Crippen LogP contribution in [0.5, 0.6) is 5.75 Å². The molecule has 0 spiro atoms. The lowest BCUT2D eigenvalue weighted by molar-refractivity contribution is 0.0778. The molecule has 0 atom stereocenters. The molecule has 0 saturated carbocycles. The lowest BCUT2D eigenvalue weighted by atomic mass is 10.2. The van der Waals surface area contributed by atoms with Crippen LogP contribution in [0.15, 0.2) is 36.4 Å². The molecule has 0 radical (unpaired) electrons. The molecule has 2 rings (SSSR count). The fourth-order valence-corrected chi connectivity index (χ4v) is 1.84. The third kappa shape index (κ3) is 3.45. The van der Waals surface area contributed by atoms with Gasteiger partial charge in [0.1, 0.15) is 5.75 Å². The van der Waals surface area contributed by atoms with Crippen molar-refractivity contribution >= 4 is 17.5 Å². The smallest absolute Gasteiger partial charge is 0.274 e. The van der Waals surface area contributed by atoms with E-state index in [1.807, 2.05) is 24.3 Å². The van der Waals surface area contributed by atoms with Gasteiger partial charge >= 0.3 is 0 Å². The van der Waals surface area contributed by atoms with E-state index in [4.69, 9.17) is 16.3 Å². The summed E-state index contributed by atoms with van der Waals surface area (Å²) in [5, 5.41) is 7.70. The second-order valence-electron chi connectivity index (χ2n) is 4.25. The highest BCUT2D eigenvalue weighted by atomic mass is 35.5. The number of methoxy groups -OCH3 is 1. The molecule has 1 heterocycles. The van der Waals surface area contributed by atoms with Crippen LogP contribution < -0.4 is 4.74 Å². The molecule has 20 heavy (non-hydrogen) atoms. The number of hydrogen-bond donors (Lipinski definition) is 0. The first-order chi connectivity index (χ1) is 9.60. The van der Waals surface area contributed by atoms with Gasteiger partial charge in [0.25, 0.3) is 5.91 Å². The monoisotopic (exact) mass is 291 g/mol. The quantitative estimate of drug-likeness (QED) is 0.868. The van der Waals surface area contributed by atoms with Crippen LogP contribution in [0.2, 0.25) is 5.15 Å². The molecule has 0 aliphatic heterocycles. The predicted molar refractivity (Wildman–Crippen MR) is 75.8 cm³/mol. The Bertz CT molecular complexity index is 602. The van der Waals surface area contributed by atoms with Gasteiger partial charge in [-0.25, -0.2) is 0 Å². The zero-order valence-corrected chi connectivity index (χ0v) is 12.0. The highest BCUT2D eigenvalue weighted by Crippen LogP contribution is 2.14. The summed E-state index contributed by atoms with van der Waals surface area (Å²) >= 11 is 5.65. The Morgan fingerprint density at radius 3 is 2.75 bits per heavy atom. The number of amides is 1. The van der Waals surface area contributed by atoms with Gasteiger partial charge in [0, 0.05) is 13.6 Å². The van der Waals surface area contributed by atoms with E-state index in [2.05, 4.69) is 10.2 Å². The number of nitrogens with zero attached hydrogens (tertiary/aromatic N) is 3. The van der Waals surface area contributed by atoms with E-state index in [0.717, 1.165) is 11.3 Å². The molecule has 0 unspecified atom stereocenters. The van der Waals surface area contributed by atoms with Crippen LogP contribution in [0.4, 0.5) is 0 Å². The third-order valence-corrected chi connectivity index (χ3v) is 2.95. The van der Waals surface area contributed by atoms with E-state index in [-0.39, 0.29) is 16.8 Å². The highest BCUT2D eigenvalue weighted by Gasteiger charge is 2.14. The average molecular weight is 292 g/mol.